The Balaban J connectivity index is 0.00000484. The summed E-state index contributed by atoms with van der Waals surface area (Å²) in [4.78, 5) is 41.6. The van der Waals surface area contributed by atoms with E-state index in [1.807, 2.05) is 63.2 Å². The quantitative estimate of drug-likeness (QED) is 0.242. The number of carbonyl (C=O) groups is 3. The number of carbonyl (C=O) groups excluding carboxylic acids is 3. The van der Waals surface area contributed by atoms with Crippen LogP contribution in [0.2, 0.25) is 0 Å². The average Bonchev–Trinajstić information content (AvgIpc) is 3.43. The van der Waals surface area contributed by atoms with Gasteiger partial charge in [0.25, 0.3) is 0 Å². The molecule has 1 aliphatic rings. The molecule has 3 aromatic carbocycles. The summed E-state index contributed by atoms with van der Waals surface area (Å²) in [5.41, 5.74) is 1.58. The lowest BCUT2D eigenvalue weighted by atomic mass is 9.94. The summed E-state index contributed by atoms with van der Waals surface area (Å²) in [6, 6.07) is 21.1. The maximum Gasteiger partial charge on any atom is 0.243 e. The van der Waals surface area contributed by atoms with Crippen LogP contribution in [0, 0.1) is 5.41 Å². The average molecular weight is 658 g/mol. The van der Waals surface area contributed by atoms with Gasteiger partial charge >= 0.3 is 0 Å². The fourth-order valence-electron chi connectivity index (χ4n) is 5.22. The van der Waals surface area contributed by atoms with E-state index in [4.69, 9.17) is 0 Å². The molecular weight excluding hydrogens is 616 g/mol. The highest BCUT2D eigenvalue weighted by Gasteiger charge is 2.39. The number of benzene rings is 3. The molecule has 1 aliphatic heterocycles. The molecule has 0 radical (unpaired) electrons. The standard InChI is InChI=1S/C33H41BrN4O3.ClH/c1-33(2,3)32(41)38-18-7-13-29(38)31(40)37-28(21-23-14-15-25-10-4-5-11-26(25)19-23)30(39)36-17-8-16-35-22-24-9-6-12-27(34)20-24;/h4-6,9-12,14-15,19-20,28-29,35H,7-8,13,16-18,21-22H2,1-3H3,(H,36,39)(H,37,40);1H/t28-,29?;/m1./s1. The first kappa shape index (κ1) is 33.6. The number of nitrogens with zero attached hydrogens (tertiary/aromatic N) is 1. The molecule has 1 heterocycles. The van der Waals surface area contributed by atoms with E-state index in [1.165, 1.54) is 5.56 Å². The van der Waals surface area contributed by atoms with E-state index in [2.05, 4.69) is 56.1 Å². The van der Waals surface area contributed by atoms with Gasteiger partial charge in [-0.1, -0.05) is 91.3 Å². The predicted octanol–water partition coefficient (Wildman–Crippen LogP) is 5.38. The lowest BCUT2D eigenvalue weighted by Crippen LogP contribution is -2.55. The SMILES string of the molecule is CC(C)(C)C(=O)N1CCCC1C(=O)N[C@H](Cc1ccc2ccccc2c1)C(=O)NCCCNCc1cccc(Br)c1.Cl. The molecule has 1 saturated heterocycles. The van der Waals surface area contributed by atoms with Crippen LogP contribution in [0.15, 0.2) is 71.2 Å². The molecule has 4 rings (SSSR count). The van der Waals surface area contributed by atoms with Gasteiger partial charge in [0.05, 0.1) is 0 Å². The lowest BCUT2D eigenvalue weighted by molar-refractivity contribution is -0.145. The fourth-order valence-corrected chi connectivity index (χ4v) is 5.67. The fraction of sp³-hybridized carbons (Fsp3) is 0.424. The molecule has 0 spiro atoms. The van der Waals surface area contributed by atoms with Crippen LogP contribution in [0.25, 0.3) is 10.8 Å². The van der Waals surface area contributed by atoms with Crippen molar-refractivity contribution in [3.63, 3.8) is 0 Å². The molecule has 0 aromatic heterocycles. The van der Waals surface area contributed by atoms with E-state index >= 15 is 0 Å². The highest BCUT2D eigenvalue weighted by Crippen LogP contribution is 2.26. The van der Waals surface area contributed by atoms with Gasteiger partial charge in [-0.05, 0) is 59.8 Å². The molecule has 1 unspecified atom stereocenters. The van der Waals surface area contributed by atoms with Crippen LogP contribution in [0.3, 0.4) is 0 Å². The Morgan fingerprint density at radius 3 is 2.45 bits per heavy atom. The maximum atomic E-state index is 13.5. The minimum Gasteiger partial charge on any atom is -0.354 e. The highest BCUT2D eigenvalue weighted by molar-refractivity contribution is 9.10. The van der Waals surface area contributed by atoms with Crippen molar-refractivity contribution in [1.82, 2.24) is 20.9 Å². The van der Waals surface area contributed by atoms with Crippen LogP contribution in [-0.4, -0.2) is 54.3 Å². The van der Waals surface area contributed by atoms with Crippen molar-refractivity contribution in [3.05, 3.63) is 82.3 Å². The first-order chi connectivity index (χ1) is 19.6. The Morgan fingerprint density at radius 2 is 1.71 bits per heavy atom. The van der Waals surface area contributed by atoms with Crippen molar-refractivity contribution in [3.8, 4) is 0 Å². The summed E-state index contributed by atoms with van der Waals surface area (Å²) in [6.07, 6.45) is 2.49. The molecule has 1 fully saturated rings. The second-order valence-electron chi connectivity index (χ2n) is 11.8. The smallest absolute Gasteiger partial charge is 0.243 e. The van der Waals surface area contributed by atoms with E-state index in [9.17, 15) is 14.4 Å². The molecule has 226 valence electrons. The van der Waals surface area contributed by atoms with Crippen LogP contribution in [0.4, 0.5) is 0 Å². The van der Waals surface area contributed by atoms with Crippen LogP contribution < -0.4 is 16.0 Å². The van der Waals surface area contributed by atoms with Crippen molar-refractivity contribution in [2.24, 2.45) is 5.41 Å². The molecular formula is C33H42BrClN4O3. The van der Waals surface area contributed by atoms with Crippen molar-refractivity contribution in [2.75, 3.05) is 19.6 Å². The maximum absolute atomic E-state index is 13.5. The second kappa shape index (κ2) is 15.5. The van der Waals surface area contributed by atoms with E-state index in [0.29, 0.717) is 25.9 Å². The van der Waals surface area contributed by atoms with Crippen LogP contribution in [-0.2, 0) is 27.3 Å². The number of rotatable bonds is 11. The third kappa shape index (κ3) is 9.28. The molecule has 0 saturated carbocycles. The molecule has 9 heteroatoms. The topological polar surface area (TPSA) is 90.5 Å². The van der Waals surface area contributed by atoms with Crippen molar-refractivity contribution < 1.29 is 14.4 Å². The normalized spacial score (nSPS) is 15.6. The van der Waals surface area contributed by atoms with E-state index < -0.39 is 17.5 Å². The number of hydrogen-bond acceptors (Lipinski definition) is 4. The summed E-state index contributed by atoms with van der Waals surface area (Å²) in [7, 11) is 0. The van der Waals surface area contributed by atoms with Gasteiger partial charge < -0.3 is 20.9 Å². The number of hydrogen-bond donors (Lipinski definition) is 3. The summed E-state index contributed by atoms with van der Waals surface area (Å²) in [5, 5.41) is 11.6. The Labute approximate surface area is 263 Å². The molecule has 2 atom stereocenters. The highest BCUT2D eigenvalue weighted by atomic mass is 79.9. The van der Waals surface area contributed by atoms with Gasteiger partial charge in [-0.2, -0.15) is 0 Å². The third-order valence-corrected chi connectivity index (χ3v) is 7.89. The molecule has 3 amide bonds. The van der Waals surface area contributed by atoms with Gasteiger partial charge in [0.15, 0.2) is 0 Å². The Hall–Kier alpha value is -2.94. The first-order valence-corrected chi connectivity index (χ1v) is 15.2. The molecule has 7 nitrogen and oxygen atoms in total. The summed E-state index contributed by atoms with van der Waals surface area (Å²) < 4.78 is 1.05. The molecule has 0 aliphatic carbocycles. The number of halogens is 2. The van der Waals surface area contributed by atoms with Gasteiger partial charge in [0.1, 0.15) is 12.1 Å². The van der Waals surface area contributed by atoms with Crippen molar-refractivity contribution in [1.29, 1.82) is 0 Å². The van der Waals surface area contributed by atoms with Gasteiger partial charge in [-0.15, -0.1) is 12.4 Å². The Morgan fingerprint density at radius 1 is 0.952 bits per heavy atom. The molecule has 3 aromatic rings. The molecule has 42 heavy (non-hydrogen) atoms. The number of fused-ring (bicyclic) bond motifs is 1. The van der Waals surface area contributed by atoms with E-state index in [1.54, 1.807) is 4.90 Å². The second-order valence-corrected chi connectivity index (χ2v) is 12.7. The third-order valence-electron chi connectivity index (χ3n) is 7.39. The minimum absolute atomic E-state index is 0. The monoisotopic (exact) mass is 656 g/mol. The van der Waals surface area contributed by atoms with Gasteiger partial charge in [0, 0.05) is 35.9 Å². The molecule has 3 N–H and O–H groups in total. The first-order valence-electron chi connectivity index (χ1n) is 14.4. The number of likely N-dealkylation sites (tertiary alicyclic amines) is 1. The Bertz CT molecular complexity index is 1380. The van der Waals surface area contributed by atoms with Gasteiger partial charge in [0.2, 0.25) is 17.7 Å². The zero-order chi connectivity index (χ0) is 29.4. The summed E-state index contributed by atoms with van der Waals surface area (Å²) in [5.74, 6) is -0.525. The van der Waals surface area contributed by atoms with Crippen molar-refractivity contribution >= 4 is 56.8 Å². The van der Waals surface area contributed by atoms with Crippen LogP contribution in [0.1, 0.15) is 51.2 Å². The lowest BCUT2D eigenvalue weighted by Gasteiger charge is -2.31. The predicted molar refractivity (Wildman–Crippen MR) is 174 cm³/mol. The zero-order valence-corrected chi connectivity index (χ0v) is 27.0. The summed E-state index contributed by atoms with van der Waals surface area (Å²) >= 11 is 3.49. The zero-order valence-electron chi connectivity index (χ0n) is 24.6. The van der Waals surface area contributed by atoms with E-state index in [0.717, 1.165) is 46.7 Å². The minimum atomic E-state index is -0.745. The van der Waals surface area contributed by atoms with Crippen LogP contribution >= 0.6 is 28.3 Å². The molecule has 0 bridgehead atoms. The van der Waals surface area contributed by atoms with Gasteiger partial charge in [-0.3, -0.25) is 14.4 Å². The van der Waals surface area contributed by atoms with E-state index in [-0.39, 0.29) is 30.1 Å². The number of nitrogens with one attached hydrogen (secondary N) is 3. The largest absolute Gasteiger partial charge is 0.354 e. The van der Waals surface area contributed by atoms with Gasteiger partial charge in [-0.25, -0.2) is 0 Å². The Kier molecular flexibility index (Phi) is 12.4. The number of amides is 3. The summed E-state index contributed by atoms with van der Waals surface area (Å²) in [6.45, 7) is 8.15. The van der Waals surface area contributed by atoms with Crippen LogP contribution in [0.5, 0.6) is 0 Å². The van der Waals surface area contributed by atoms with Crippen molar-refractivity contribution in [2.45, 2.75) is 65.1 Å².